The lowest BCUT2D eigenvalue weighted by atomic mass is 9.91. The highest BCUT2D eigenvalue weighted by Gasteiger charge is 2.40. The van der Waals surface area contributed by atoms with Crippen LogP contribution in [0.1, 0.15) is 44.0 Å². The summed E-state index contributed by atoms with van der Waals surface area (Å²) < 4.78 is 5.50. The quantitative estimate of drug-likeness (QED) is 0.753. The van der Waals surface area contributed by atoms with Gasteiger partial charge in [-0.15, -0.1) is 10.2 Å². The molecule has 21 heavy (non-hydrogen) atoms. The lowest BCUT2D eigenvalue weighted by Crippen LogP contribution is -2.51. The molecule has 1 aliphatic heterocycles. The molecule has 1 aromatic rings. The highest BCUT2D eigenvalue weighted by atomic mass is 32.1. The summed E-state index contributed by atoms with van der Waals surface area (Å²) in [5.74, 6) is -0.109. The Kier molecular flexibility index (Phi) is 6.08. The molecule has 0 spiro atoms. The molecule has 1 aromatic heterocycles. The summed E-state index contributed by atoms with van der Waals surface area (Å²) in [4.78, 5) is 12.5. The smallest absolute Gasteiger partial charge is 0.258 e. The molecule has 118 valence electrons. The second-order valence-electron chi connectivity index (χ2n) is 5.36. The first-order valence-corrected chi connectivity index (χ1v) is 8.41. The van der Waals surface area contributed by atoms with E-state index < -0.39 is 5.60 Å². The molecule has 1 saturated heterocycles. The Labute approximate surface area is 129 Å². The summed E-state index contributed by atoms with van der Waals surface area (Å²) in [7, 11) is 1.60. The minimum atomic E-state index is -0.737. The van der Waals surface area contributed by atoms with Gasteiger partial charge in [0.15, 0.2) is 0 Å². The fourth-order valence-electron chi connectivity index (χ4n) is 2.50. The van der Waals surface area contributed by atoms with Gasteiger partial charge >= 0.3 is 0 Å². The van der Waals surface area contributed by atoms with Crippen molar-refractivity contribution in [1.29, 1.82) is 0 Å². The monoisotopic (exact) mass is 312 g/mol. The Morgan fingerprint density at radius 2 is 2.14 bits per heavy atom. The van der Waals surface area contributed by atoms with E-state index in [0.29, 0.717) is 18.0 Å². The number of rotatable bonds is 7. The van der Waals surface area contributed by atoms with E-state index in [1.54, 1.807) is 7.11 Å². The number of piperidine rings is 1. The molecule has 0 unspecified atom stereocenters. The molecule has 2 rings (SSSR count). The van der Waals surface area contributed by atoms with Crippen LogP contribution in [-0.2, 0) is 16.0 Å². The van der Waals surface area contributed by atoms with Crippen molar-refractivity contribution in [3.8, 4) is 0 Å². The number of anilines is 1. The largest absolute Gasteiger partial charge is 0.368 e. The second-order valence-corrected chi connectivity index (χ2v) is 6.42. The van der Waals surface area contributed by atoms with Crippen molar-refractivity contribution in [3.63, 3.8) is 0 Å². The number of carbonyl (C=O) groups is 1. The molecule has 1 aliphatic rings. The van der Waals surface area contributed by atoms with Gasteiger partial charge in [0.25, 0.3) is 5.91 Å². The maximum Gasteiger partial charge on any atom is 0.258 e. The number of amides is 1. The third-order valence-electron chi connectivity index (χ3n) is 3.90. The number of unbranched alkanes of at least 4 members (excludes halogenated alkanes) is 2. The highest BCUT2D eigenvalue weighted by Crippen LogP contribution is 2.25. The Bertz CT molecular complexity index is 458. The summed E-state index contributed by atoms with van der Waals surface area (Å²) in [5, 5.41) is 15.9. The Balaban J connectivity index is 1.92. The Hall–Kier alpha value is -1.05. The second kappa shape index (κ2) is 7.82. The van der Waals surface area contributed by atoms with Gasteiger partial charge in [0.1, 0.15) is 10.6 Å². The first-order valence-electron chi connectivity index (χ1n) is 7.60. The van der Waals surface area contributed by atoms with Crippen molar-refractivity contribution in [1.82, 2.24) is 15.5 Å². The minimum absolute atomic E-state index is 0.109. The van der Waals surface area contributed by atoms with Gasteiger partial charge in [-0.05, 0) is 32.4 Å². The van der Waals surface area contributed by atoms with Crippen LogP contribution in [0.4, 0.5) is 5.13 Å². The molecular weight excluding hydrogens is 288 g/mol. The standard InChI is InChI=1S/C14H24N4O2S/c1-3-4-5-6-11-17-18-13(21-11)16-12(19)14(20-2)7-9-15-10-8-14/h15H,3-10H2,1-2H3,(H,16,18,19). The topological polar surface area (TPSA) is 76.1 Å². The van der Waals surface area contributed by atoms with Crippen LogP contribution in [-0.4, -0.2) is 41.9 Å². The van der Waals surface area contributed by atoms with Gasteiger partial charge in [-0.1, -0.05) is 31.1 Å². The summed E-state index contributed by atoms with van der Waals surface area (Å²) >= 11 is 1.46. The predicted octanol–water partition coefficient (Wildman–Crippen LogP) is 1.98. The van der Waals surface area contributed by atoms with E-state index in [2.05, 4.69) is 27.8 Å². The molecule has 7 heteroatoms. The number of hydrogen-bond acceptors (Lipinski definition) is 6. The lowest BCUT2D eigenvalue weighted by Gasteiger charge is -2.34. The Morgan fingerprint density at radius 3 is 2.81 bits per heavy atom. The molecule has 0 bridgehead atoms. The van der Waals surface area contributed by atoms with Gasteiger partial charge in [-0.3, -0.25) is 10.1 Å². The van der Waals surface area contributed by atoms with Crippen molar-refractivity contribution in [2.75, 3.05) is 25.5 Å². The first kappa shape index (κ1) is 16.3. The van der Waals surface area contributed by atoms with Gasteiger partial charge in [-0.25, -0.2) is 0 Å². The molecule has 1 fully saturated rings. The van der Waals surface area contributed by atoms with Crippen LogP contribution in [0.2, 0.25) is 0 Å². The number of nitrogens with zero attached hydrogens (tertiary/aromatic N) is 2. The summed E-state index contributed by atoms with van der Waals surface area (Å²) in [6, 6.07) is 0. The number of ether oxygens (including phenoxy) is 1. The maximum atomic E-state index is 12.5. The fraction of sp³-hybridized carbons (Fsp3) is 0.786. The molecule has 0 aromatic carbocycles. The van der Waals surface area contributed by atoms with Crippen molar-refractivity contribution in [3.05, 3.63) is 5.01 Å². The van der Waals surface area contributed by atoms with Crippen LogP contribution in [0, 0.1) is 0 Å². The lowest BCUT2D eigenvalue weighted by molar-refractivity contribution is -0.140. The first-order chi connectivity index (χ1) is 10.2. The average Bonchev–Trinajstić information content (AvgIpc) is 2.95. The van der Waals surface area contributed by atoms with E-state index in [1.807, 2.05) is 0 Å². The van der Waals surface area contributed by atoms with Gasteiger partial charge in [0.05, 0.1) is 0 Å². The molecular formula is C14H24N4O2S. The number of methoxy groups -OCH3 is 1. The summed E-state index contributed by atoms with van der Waals surface area (Å²) in [5.41, 5.74) is -0.737. The molecule has 6 nitrogen and oxygen atoms in total. The highest BCUT2D eigenvalue weighted by molar-refractivity contribution is 7.15. The van der Waals surface area contributed by atoms with E-state index in [0.717, 1.165) is 30.9 Å². The van der Waals surface area contributed by atoms with E-state index in [-0.39, 0.29) is 5.91 Å². The van der Waals surface area contributed by atoms with Crippen LogP contribution < -0.4 is 10.6 Å². The normalized spacial score (nSPS) is 17.6. The van der Waals surface area contributed by atoms with Gasteiger partial charge in [0, 0.05) is 13.5 Å². The number of aromatic nitrogens is 2. The zero-order valence-electron chi connectivity index (χ0n) is 12.8. The van der Waals surface area contributed by atoms with Crippen LogP contribution in [0.25, 0.3) is 0 Å². The van der Waals surface area contributed by atoms with E-state index in [9.17, 15) is 4.79 Å². The molecule has 2 N–H and O–H groups in total. The summed E-state index contributed by atoms with van der Waals surface area (Å²) in [6.45, 7) is 3.76. The minimum Gasteiger partial charge on any atom is -0.368 e. The van der Waals surface area contributed by atoms with E-state index >= 15 is 0 Å². The zero-order chi connectivity index (χ0) is 15.1. The van der Waals surface area contributed by atoms with E-state index in [1.165, 1.54) is 24.2 Å². The van der Waals surface area contributed by atoms with Gasteiger partial charge in [0.2, 0.25) is 5.13 Å². The summed E-state index contributed by atoms with van der Waals surface area (Å²) in [6.07, 6.45) is 5.79. The van der Waals surface area contributed by atoms with Crippen LogP contribution in [0.5, 0.6) is 0 Å². The number of carbonyl (C=O) groups excluding carboxylic acids is 1. The van der Waals surface area contributed by atoms with Crippen molar-refractivity contribution < 1.29 is 9.53 Å². The predicted molar refractivity (Wildman–Crippen MR) is 83.6 cm³/mol. The molecule has 0 saturated carbocycles. The third kappa shape index (κ3) is 4.21. The van der Waals surface area contributed by atoms with Crippen LogP contribution in [0.15, 0.2) is 0 Å². The van der Waals surface area contributed by atoms with Crippen molar-refractivity contribution in [2.45, 2.75) is 51.0 Å². The SMILES string of the molecule is CCCCCc1nnc(NC(=O)C2(OC)CCNCC2)s1. The maximum absolute atomic E-state index is 12.5. The molecule has 0 aliphatic carbocycles. The van der Waals surface area contributed by atoms with Crippen molar-refractivity contribution >= 4 is 22.4 Å². The molecule has 0 atom stereocenters. The number of hydrogen-bond donors (Lipinski definition) is 2. The molecule has 2 heterocycles. The number of nitrogens with one attached hydrogen (secondary N) is 2. The van der Waals surface area contributed by atoms with Gasteiger partial charge < -0.3 is 10.1 Å². The zero-order valence-corrected chi connectivity index (χ0v) is 13.6. The van der Waals surface area contributed by atoms with Crippen LogP contribution in [0.3, 0.4) is 0 Å². The van der Waals surface area contributed by atoms with Crippen LogP contribution >= 0.6 is 11.3 Å². The fourth-order valence-corrected chi connectivity index (χ4v) is 3.27. The molecule has 1 amide bonds. The van der Waals surface area contributed by atoms with Crippen molar-refractivity contribution in [2.24, 2.45) is 0 Å². The molecule has 0 radical (unpaired) electrons. The third-order valence-corrected chi connectivity index (χ3v) is 4.80. The Morgan fingerprint density at radius 1 is 1.38 bits per heavy atom. The van der Waals surface area contributed by atoms with E-state index in [4.69, 9.17) is 4.74 Å². The average molecular weight is 312 g/mol. The number of aryl methyl sites for hydroxylation is 1. The van der Waals surface area contributed by atoms with Gasteiger partial charge in [-0.2, -0.15) is 0 Å².